The summed E-state index contributed by atoms with van der Waals surface area (Å²) in [4.78, 5) is 11.2. The van der Waals surface area contributed by atoms with Crippen LogP contribution in [0.5, 0.6) is 5.75 Å². The summed E-state index contributed by atoms with van der Waals surface area (Å²) >= 11 is 5.96. The van der Waals surface area contributed by atoms with Gasteiger partial charge in [0.25, 0.3) is 0 Å². The van der Waals surface area contributed by atoms with E-state index >= 15 is 0 Å². The van der Waals surface area contributed by atoms with E-state index in [1.54, 1.807) is 42.5 Å². The van der Waals surface area contributed by atoms with Crippen LogP contribution in [0.4, 0.5) is 5.69 Å². The molecule has 19 heavy (non-hydrogen) atoms. The minimum Gasteiger partial charge on any atom is -0.487 e. The molecule has 98 valence electrons. The lowest BCUT2D eigenvalue weighted by atomic mass is 10.1. The van der Waals surface area contributed by atoms with E-state index in [0.717, 1.165) is 0 Å². The average Bonchev–Trinajstić information content (AvgIpc) is 2.37. The first-order valence-corrected chi connectivity index (χ1v) is 5.95. The fraction of sp³-hybridized carbons (Fsp3) is 0.0714. The van der Waals surface area contributed by atoms with Crippen LogP contribution in [-0.4, -0.2) is 11.1 Å². The SMILES string of the molecule is Nc1cccc(COc2ccccc2Cl)c1C(=O)O. The third-order valence-electron chi connectivity index (χ3n) is 2.62. The molecular weight excluding hydrogens is 266 g/mol. The minimum absolute atomic E-state index is 0.0644. The van der Waals surface area contributed by atoms with Gasteiger partial charge in [-0.05, 0) is 18.2 Å². The number of anilines is 1. The topological polar surface area (TPSA) is 72.5 Å². The molecule has 2 aromatic carbocycles. The van der Waals surface area contributed by atoms with Gasteiger partial charge in [0.05, 0.1) is 10.6 Å². The molecule has 0 aromatic heterocycles. The molecule has 4 nitrogen and oxygen atoms in total. The zero-order valence-electron chi connectivity index (χ0n) is 9.97. The number of carboxylic acid groups (broad SMARTS) is 1. The third-order valence-corrected chi connectivity index (χ3v) is 2.93. The maximum absolute atomic E-state index is 11.2. The van der Waals surface area contributed by atoms with E-state index < -0.39 is 5.97 Å². The first-order valence-electron chi connectivity index (χ1n) is 5.57. The number of benzene rings is 2. The molecule has 0 heterocycles. The van der Waals surface area contributed by atoms with Crippen molar-refractivity contribution in [3.05, 3.63) is 58.6 Å². The molecule has 0 atom stereocenters. The van der Waals surface area contributed by atoms with Crippen molar-refractivity contribution in [1.29, 1.82) is 0 Å². The van der Waals surface area contributed by atoms with Crippen molar-refractivity contribution in [1.82, 2.24) is 0 Å². The van der Waals surface area contributed by atoms with Crippen molar-refractivity contribution in [2.24, 2.45) is 0 Å². The van der Waals surface area contributed by atoms with E-state index in [1.165, 1.54) is 0 Å². The van der Waals surface area contributed by atoms with E-state index in [-0.39, 0.29) is 17.9 Å². The third kappa shape index (κ3) is 2.98. The van der Waals surface area contributed by atoms with Crippen LogP contribution < -0.4 is 10.5 Å². The lowest BCUT2D eigenvalue weighted by molar-refractivity contribution is 0.0695. The summed E-state index contributed by atoms with van der Waals surface area (Å²) in [6, 6.07) is 11.9. The number of carbonyl (C=O) groups is 1. The van der Waals surface area contributed by atoms with Gasteiger partial charge in [-0.1, -0.05) is 35.9 Å². The Morgan fingerprint density at radius 1 is 1.21 bits per heavy atom. The second-order valence-electron chi connectivity index (χ2n) is 3.91. The summed E-state index contributed by atoms with van der Waals surface area (Å²) in [6.45, 7) is 0.0937. The summed E-state index contributed by atoms with van der Waals surface area (Å²) in [5, 5.41) is 9.61. The van der Waals surface area contributed by atoms with Crippen LogP contribution >= 0.6 is 11.6 Å². The summed E-state index contributed by atoms with van der Waals surface area (Å²) < 4.78 is 5.52. The maximum atomic E-state index is 11.2. The molecule has 0 bridgehead atoms. The number of hydrogen-bond acceptors (Lipinski definition) is 3. The number of nitrogen functional groups attached to an aromatic ring is 1. The second kappa shape index (κ2) is 5.63. The first kappa shape index (κ1) is 13.2. The van der Waals surface area contributed by atoms with Crippen LogP contribution in [0.2, 0.25) is 5.02 Å². The Kier molecular flexibility index (Phi) is 3.92. The van der Waals surface area contributed by atoms with Gasteiger partial charge in [-0.25, -0.2) is 4.79 Å². The molecule has 0 aliphatic carbocycles. The summed E-state index contributed by atoms with van der Waals surface area (Å²) in [7, 11) is 0. The predicted octanol–water partition coefficient (Wildman–Crippen LogP) is 3.20. The molecular formula is C14H12ClNO3. The number of hydrogen-bond donors (Lipinski definition) is 2. The van der Waals surface area contributed by atoms with Gasteiger partial charge >= 0.3 is 5.97 Å². The molecule has 0 spiro atoms. The average molecular weight is 278 g/mol. The molecule has 0 amide bonds. The van der Waals surface area contributed by atoms with Crippen LogP contribution in [-0.2, 0) is 6.61 Å². The molecule has 2 rings (SSSR count). The summed E-state index contributed by atoms with van der Waals surface area (Å²) in [5.41, 5.74) is 6.45. The normalized spacial score (nSPS) is 10.2. The zero-order chi connectivity index (χ0) is 13.8. The van der Waals surface area contributed by atoms with Crippen molar-refractivity contribution < 1.29 is 14.6 Å². The van der Waals surface area contributed by atoms with E-state index in [9.17, 15) is 4.79 Å². The highest BCUT2D eigenvalue weighted by molar-refractivity contribution is 6.32. The number of para-hydroxylation sites is 1. The Morgan fingerprint density at radius 2 is 1.95 bits per heavy atom. The van der Waals surface area contributed by atoms with Crippen LogP contribution in [0.15, 0.2) is 42.5 Å². The van der Waals surface area contributed by atoms with Gasteiger partial charge in [0.1, 0.15) is 12.4 Å². The molecule has 5 heteroatoms. The standard InChI is InChI=1S/C14H12ClNO3/c15-10-5-1-2-7-12(10)19-8-9-4-3-6-11(16)13(9)14(17)18/h1-7H,8,16H2,(H,17,18). The zero-order valence-corrected chi connectivity index (χ0v) is 10.7. The lowest BCUT2D eigenvalue weighted by Gasteiger charge is -2.11. The Hall–Kier alpha value is -2.20. The van der Waals surface area contributed by atoms with Crippen LogP contribution in [0, 0.1) is 0 Å². The highest BCUT2D eigenvalue weighted by Crippen LogP contribution is 2.25. The fourth-order valence-electron chi connectivity index (χ4n) is 1.72. The van der Waals surface area contributed by atoms with Crippen molar-refractivity contribution in [3.63, 3.8) is 0 Å². The summed E-state index contributed by atoms with van der Waals surface area (Å²) in [6.07, 6.45) is 0. The van der Waals surface area contributed by atoms with Crippen LogP contribution in [0.25, 0.3) is 0 Å². The number of nitrogens with two attached hydrogens (primary N) is 1. The number of carboxylic acids is 1. The van der Waals surface area contributed by atoms with Crippen molar-refractivity contribution in [3.8, 4) is 5.75 Å². The predicted molar refractivity (Wildman–Crippen MR) is 73.6 cm³/mol. The minimum atomic E-state index is -1.07. The first-order chi connectivity index (χ1) is 9.09. The second-order valence-corrected chi connectivity index (χ2v) is 4.31. The number of aromatic carboxylic acids is 1. The molecule has 0 unspecified atom stereocenters. The Labute approximate surface area is 115 Å². The molecule has 0 aliphatic rings. The monoisotopic (exact) mass is 277 g/mol. The molecule has 2 aromatic rings. The van der Waals surface area contributed by atoms with E-state index in [4.69, 9.17) is 27.2 Å². The van der Waals surface area contributed by atoms with Gasteiger partial charge in [0, 0.05) is 11.3 Å². The molecule has 0 fully saturated rings. The number of halogens is 1. The lowest BCUT2D eigenvalue weighted by Crippen LogP contribution is -2.09. The summed E-state index contributed by atoms with van der Waals surface area (Å²) in [5.74, 6) is -0.571. The number of rotatable bonds is 4. The van der Waals surface area contributed by atoms with Crippen LogP contribution in [0.1, 0.15) is 15.9 Å². The van der Waals surface area contributed by atoms with E-state index in [0.29, 0.717) is 16.3 Å². The largest absolute Gasteiger partial charge is 0.487 e. The van der Waals surface area contributed by atoms with Gasteiger partial charge in [-0.15, -0.1) is 0 Å². The fourth-order valence-corrected chi connectivity index (χ4v) is 1.91. The van der Waals surface area contributed by atoms with Gasteiger partial charge in [0.2, 0.25) is 0 Å². The van der Waals surface area contributed by atoms with E-state index in [1.807, 2.05) is 0 Å². The van der Waals surface area contributed by atoms with Gasteiger partial charge in [-0.2, -0.15) is 0 Å². The molecule has 0 aliphatic heterocycles. The van der Waals surface area contributed by atoms with Crippen LogP contribution in [0.3, 0.4) is 0 Å². The smallest absolute Gasteiger partial charge is 0.338 e. The van der Waals surface area contributed by atoms with Crippen molar-refractivity contribution >= 4 is 23.3 Å². The molecule has 0 saturated heterocycles. The Balaban J connectivity index is 2.23. The Morgan fingerprint density at radius 3 is 2.63 bits per heavy atom. The maximum Gasteiger partial charge on any atom is 0.338 e. The van der Waals surface area contributed by atoms with E-state index in [2.05, 4.69) is 0 Å². The Bertz CT molecular complexity index is 613. The van der Waals surface area contributed by atoms with Crippen molar-refractivity contribution in [2.75, 3.05) is 5.73 Å². The quantitative estimate of drug-likeness (QED) is 0.842. The molecule has 3 N–H and O–H groups in total. The van der Waals surface area contributed by atoms with Crippen molar-refractivity contribution in [2.45, 2.75) is 6.61 Å². The van der Waals surface area contributed by atoms with Gasteiger partial charge in [0.15, 0.2) is 0 Å². The van der Waals surface area contributed by atoms with Gasteiger partial charge in [-0.3, -0.25) is 0 Å². The molecule has 0 saturated carbocycles. The highest BCUT2D eigenvalue weighted by atomic mass is 35.5. The highest BCUT2D eigenvalue weighted by Gasteiger charge is 2.14. The number of ether oxygens (including phenoxy) is 1. The van der Waals surface area contributed by atoms with Gasteiger partial charge < -0.3 is 15.6 Å². The molecule has 0 radical (unpaired) electrons.